The van der Waals surface area contributed by atoms with Gasteiger partial charge in [0.05, 0.1) is 31.2 Å². The van der Waals surface area contributed by atoms with Crippen molar-refractivity contribution in [2.75, 3.05) is 20.8 Å². The predicted octanol–water partition coefficient (Wildman–Crippen LogP) is 4.92. The minimum absolute atomic E-state index is 0.0557. The number of ether oxygens (including phenoxy) is 2. The molecule has 7 nitrogen and oxygen atoms in total. The van der Waals surface area contributed by atoms with Crippen molar-refractivity contribution in [3.05, 3.63) is 98.4 Å². The molecule has 7 heteroatoms. The Bertz CT molecular complexity index is 1550. The smallest absolute Gasteiger partial charge is 0.290 e. The summed E-state index contributed by atoms with van der Waals surface area (Å²) in [5, 5.41) is 10.6. The summed E-state index contributed by atoms with van der Waals surface area (Å²) in [6, 6.07) is 15.3. The van der Waals surface area contributed by atoms with Crippen LogP contribution in [0.4, 0.5) is 0 Å². The quantitative estimate of drug-likeness (QED) is 0.417. The molecule has 184 valence electrons. The predicted molar refractivity (Wildman–Crippen MR) is 136 cm³/mol. The summed E-state index contributed by atoms with van der Waals surface area (Å²) in [6.07, 6.45) is 0.515. The van der Waals surface area contributed by atoms with Crippen LogP contribution in [0.25, 0.3) is 11.0 Å². The summed E-state index contributed by atoms with van der Waals surface area (Å²) in [5.41, 5.74) is 3.83. The number of benzene rings is 3. The normalized spacial score (nSPS) is 14.8. The van der Waals surface area contributed by atoms with Gasteiger partial charge in [0, 0.05) is 6.54 Å². The Morgan fingerprint density at radius 1 is 0.972 bits per heavy atom. The molecule has 0 saturated heterocycles. The number of nitrogens with zero attached hydrogens (tertiary/aromatic N) is 1. The number of phenolic OH excluding ortho intramolecular Hbond substituents is 1. The number of aryl methyl sites for hydroxylation is 2. The standard InChI is InChI=1S/C29H27NO6/c1-16-12-17(2)27-21(13-16)26(32)24-25(19-6-5-7-20(31)15-19)30(29(33)28(24)36-27)11-10-18-8-9-22(34-3)23(14-18)35-4/h5-9,12-15,25,31H,10-11H2,1-4H3/t25-/m0/s1. The van der Waals surface area contributed by atoms with Crippen molar-refractivity contribution in [3.63, 3.8) is 0 Å². The molecule has 3 aromatic carbocycles. The van der Waals surface area contributed by atoms with E-state index < -0.39 is 6.04 Å². The lowest BCUT2D eigenvalue weighted by atomic mass is 9.97. The Morgan fingerprint density at radius 3 is 2.47 bits per heavy atom. The number of hydrogen-bond donors (Lipinski definition) is 1. The lowest BCUT2D eigenvalue weighted by Crippen LogP contribution is -2.31. The number of hydrogen-bond acceptors (Lipinski definition) is 6. The monoisotopic (exact) mass is 485 g/mol. The van der Waals surface area contributed by atoms with Gasteiger partial charge in [0.2, 0.25) is 5.76 Å². The molecule has 0 saturated carbocycles. The number of methoxy groups -OCH3 is 2. The van der Waals surface area contributed by atoms with E-state index in [1.807, 2.05) is 38.1 Å². The van der Waals surface area contributed by atoms with Crippen LogP contribution in [-0.4, -0.2) is 36.7 Å². The van der Waals surface area contributed by atoms with Crippen LogP contribution in [-0.2, 0) is 6.42 Å². The van der Waals surface area contributed by atoms with Gasteiger partial charge in [0.25, 0.3) is 5.91 Å². The molecular formula is C29H27NO6. The van der Waals surface area contributed by atoms with E-state index in [-0.39, 0.29) is 22.8 Å². The van der Waals surface area contributed by atoms with Crippen LogP contribution in [0.5, 0.6) is 17.2 Å². The minimum Gasteiger partial charge on any atom is -0.508 e. The minimum atomic E-state index is -0.679. The van der Waals surface area contributed by atoms with Crippen LogP contribution in [0.1, 0.15) is 44.4 Å². The van der Waals surface area contributed by atoms with Crippen molar-refractivity contribution in [1.29, 1.82) is 0 Å². The van der Waals surface area contributed by atoms with Gasteiger partial charge in [0.1, 0.15) is 11.3 Å². The van der Waals surface area contributed by atoms with Crippen molar-refractivity contribution in [2.45, 2.75) is 26.3 Å². The molecule has 1 aromatic heterocycles. The third-order valence-corrected chi connectivity index (χ3v) is 6.67. The van der Waals surface area contributed by atoms with E-state index in [0.717, 1.165) is 16.7 Å². The zero-order chi connectivity index (χ0) is 25.6. The molecule has 1 amide bonds. The number of amides is 1. The Labute approximate surface area is 208 Å². The van der Waals surface area contributed by atoms with Crippen LogP contribution in [0.3, 0.4) is 0 Å². The largest absolute Gasteiger partial charge is 0.508 e. The van der Waals surface area contributed by atoms with Crippen molar-refractivity contribution >= 4 is 16.9 Å². The first-order valence-electron chi connectivity index (χ1n) is 11.7. The Kier molecular flexibility index (Phi) is 5.92. The van der Waals surface area contributed by atoms with E-state index in [4.69, 9.17) is 13.9 Å². The fourth-order valence-electron chi connectivity index (χ4n) is 5.03. The lowest BCUT2D eigenvalue weighted by molar-refractivity contribution is 0.0730. The molecule has 0 bridgehead atoms. The molecule has 1 atom stereocenters. The van der Waals surface area contributed by atoms with E-state index in [9.17, 15) is 14.7 Å². The van der Waals surface area contributed by atoms with Crippen LogP contribution >= 0.6 is 0 Å². The number of rotatable bonds is 6. The van der Waals surface area contributed by atoms with E-state index >= 15 is 0 Å². The maximum Gasteiger partial charge on any atom is 0.290 e. The molecule has 1 aliphatic rings. The molecule has 36 heavy (non-hydrogen) atoms. The van der Waals surface area contributed by atoms with Crippen molar-refractivity contribution < 1.29 is 23.8 Å². The first kappa shape index (κ1) is 23.5. The molecule has 1 aliphatic heterocycles. The van der Waals surface area contributed by atoms with Gasteiger partial charge in [-0.2, -0.15) is 0 Å². The Balaban J connectivity index is 1.62. The molecular weight excluding hydrogens is 458 g/mol. The second-order valence-electron chi connectivity index (χ2n) is 9.07. The first-order valence-corrected chi connectivity index (χ1v) is 11.7. The Hall–Kier alpha value is -4.26. The van der Waals surface area contributed by atoms with Crippen LogP contribution < -0.4 is 14.9 Å². The van der Waals surface area contributed by atoms with Gasteiger partial charge in [-0.1, -0.05) is 24.3 Å². The number of aromatic hydroxyl groups is 1. The van der Waals surface area contributed by atoms with Crippen molar-refractivity contribution in [2.24, 2.45) is 0 Å². The molecule has 5 rings (SSSR count). The van der Waals surface area contributed by atoms with Crippen LogP contribution in [0.15, 0.2) is 63.8 Å². The third kappa shape index (κ3) is 3.86. The highest BCUT2D eigenvalue weighted by Gasteiger charge is 2.42. The average molecular weight is 486 g/mol. The highest BCUT2D eigenvalue weighted by molar-refractivity contribution is 5.99. The molecule has 2 heterocycles. The van der Waals surface area contributed by atoms with Crippen molar-refractivity contribution in [3.8, 4) is 17.2 Å². The topological polar surface area (TPSA) is 89.2 Å². The summed E-state index contributed by atoms with van der Waals surface area (Å²) in [5.74, 6) is 0.989. The van der Waals surface area contributed by atoms with Gasteiger partial charge in [-0.05, 0) is 72.9 Å². The van der Waals surface area contributed by atoms with Gasteiger partial charge >= 0.3 is 0 Å². The first-order chi connectivity index (χ1) is 17.3. The fraction of sp³-hybridized carbons (Fsp3) is 0.241. The molecule has 0 aliphatic carbocycles. The summed E-state index contributed by atoms with van der Waals surface area (Å²) in [7, 11) is 3.15. The van der Waals surface area contributed by atoms with Gasteiger partial charge in [-0.15, -0.1) is 0 Å². The van der Waals surface area contributed by atoms with E-state index in [0.29, 0.717) is 46.6 Å². The second kappa shape index (κ2) is 9.07. The maximum atomic E-state index is 13.8. The van der Waals surface area contributed by atoms with E-state index in [1.165, 1.54) is 0 Å². The fourth-order valence-corrected chi connectivity index (χ4v) is 5.03. The zero-order valence-electron chi connectivity index (χ0n) is 20.6. The van der Waals surface area contributed by atoms with Crippen molar-refractivity contribution in [1.82, 2.24) is 4.90 Å². The highest BCUT2D eigenvalue weighted by Crippen LogP contribution is 2.39. The highest BCUT2D eigenvalue weighted by atomic mass is 16.5. The number of phenols is 1. The molecule has 0 spiro atoms. The maximum absolute atomic E-state index is 13.8. The molecule has 0 unspecified atom stereocenters. The van der Waals surface area contributed by atoms with Crippen LogP contribution in [0, 0.1) is 13.8 Å². The van der Waals surface area contributed by atoms with Gasteiger partial charge in [-0.25, -0.2) is 0 Å². The number of fused-ring (bicyclic) bond motifs is 2. The average Bonchev–Trinajstić information content (AvgIpc) is 3.15. The second-order valence-corrected chi connectivity index (χ2v) is 9.07. The Morgan fingerprint density at radius 2 is 1.75 bits per heavy atom. The summed E-state index contributed by atoms with van der Waals surface area (Å²) in [6.45, 7) is 4.12. The summed E-state index contributed by atoms with van der Waals surface area (Å²) in [4.78, 5) is 29.1. The summed E-state index contributed by atoms with van der Waals surface area (Å²) < 4.78 is 16.9. The summed E-state index contributed by atoms with van der Waals surface area (Å²) >= 11 is 0. The number of carbonyl (C=O) groups excluding carboxylic acids is 1. The zero-order valence-corrected chi connectivity index (χ0v) is 20.6. The third-order valence-electron chi connectivity index (χ3n) is 6.67. The molecule has 1 N–H and O–H groups in total. The van der Waals surface area contributed by atoms with E-state index in [2.05, 4.69) is 0 Å². The SMILES string of the molecule is COc1ccc(CCN2C(=O)c3oc4c(C)cc(C)cc4c(=O)c3[C@@H]2c2cccc(O)c2)cc1OC. The van der Waals surface area contributed by atoms with E-state index in [1.54, 1.807) is 49.5 Å². The van der Waals surface area contributed by atoms with Crippen LogP contribution in [0.2, 0.25) is 0 Å². The molecule has 4 aromatic rings. The molecule has 0 fully saturated rings. The van der Waals surface area contributed by atoms with Gasteiger partial charge in [0.15, 0.2) is 16.9 Å². The van der Waals surface area contributed by atoms with Gasteiger partial charge < -0.3 is 23.9 Å². The molecule has 0 radical (unpaired) electrons. The van der Waals surface area contributed by atoms with Gasteiger partial charge in [-0.3, -0.25) is 9.59 Å². The number of carbonyl (C=O) groups is 1. The lowest BCUT2D eigenvalue weighted by Gasteiger charge is -2.25.